The lowest BCUT2D eigenvalue weighted by molar-refractivity contribution is 0.373. The molecule has 4 rings (SSSR count). The van der Waals surface area contributed by atoms with E-state index in [4.69, 9.17) is 4.98 Å². The Bertz CT molecular complexity index is 683. The van der Waals surface area contributed by atoms with Gasteiger partial charge >= 0.3 is 0 Å². The Morgan fingerprint density at radius 3 is 2.75 bits per heavy atom. The van der Waals surface area contributed by atoms with Crippen molar-refractivity contribution in [2.45, 2.75) is 51.4 Å². The van der Waals surface area contributed by atoms with Crippen LogP contribution in [-0.4, -0.2) is 26.3 Å². The first-order chi connectivity index (χ1) is 11.8. The number of rotatable bonds is 6. The zero-order valence-corrected chi connectivity index (χ0v) is 14.5. The van der Waals surface area contributed by atoms with Crippen molar-refractivity contribution in [2.24, 2.45) is 18.9 Å². The first-order valence-electron chi connectivity index (χ1n) is 9.38. The number of aromatic nitrogens is 4. The molecule has 1 N–H and O–H groups in total. The molecule has 0 radical (unpaired) electrons. The Balaban J connectivity index is 1.48. The van der Waals surface area contributed by atoms with Crippen LogP contribution in [0.2, 0.25) is 0 Å². The molecule has 5 heteroatoms. The van der Waals surface area contributed by atoms with Crippen LogP contribution in [0.1, 0.15) is 50.6 Å². The molecule has 5 nitrogen and oxygen atoms in total. The molecule has 0 aromatic carbocycles. The third kappa shape index (κ3) is 3.60. The Morgan fingerprint density at radius 2 is 1.96 bits per heavy atom. The van der Waals surface area contributed by atoms with Crippen molar-refractivity contribution in [1.29, 1.82) is 0 Å². The van der Waals surface area contributed by atoms with Gasteiger partial charge in [-0.05, 0) is 50.0 Å². The predicted molar refractivity (Wildman–Crippen MR) is 95.7 cm³/mol. The maximum atomic E-state index is 4.75. The first kappa shape index (κ1) is 15.6. The number of hydrogen-bond donors (Lipinski definition) is 1. The highest BCUT2D eigenvalue weighted by molar-refractivity contribution is 5.62. The zero-order valence-electron chi connectivity index (χ0n) is 14.5. The topological polar surface area (TPSA) is 55.6 Å². The molecule has 0 bridgehead atoms. The summed E-state index contributed by atoms with van der Waals surface area (Å²) >= 11 is 0. The van der Waals surface area contributed by atoms with Crippen molar-refractivity contribution in [3.8, 4) is 11.3 Å². The Morgan fingerprint density at radius 1 is 1.12 bits per heavy atom. The van der Waals surface area contributed by atoms with E-state index < -0.39 is 0 Å². The molecule has 2 fully saturated rings. The van der Waals surface area contributed by atoms with E-state index in [-0.39, 0.29) is 0 Å². The van der Waals surface area contributed by atoms with Crippen LogP contribution in [0.15, 0.2) is 18.5 Å². The van der Waals surface area contributed by atoms with Gasteiger partial charge in [0.15, 0.2) is 0 Å². The summed E-state index contributed by atoms with van der Waals surface area (Å²) in [6.45, 7) is 0.991. The molecule has 0 amide bonds. The largest absolute Gasteiger partial charge is 0.354 e. The number of nitrogens with zero attached hydrogens (tertiary/aromatic N) is 4. The SMILES string of the molecule is Cn1ncc(-c2ccnc(NCC3CCCCC3)n2)c1CC1CC1. The Kier molecular flexibility index (Phi) is 4.50. The molecule has 0 spiro atoms. The fourth-order valence-corrected chi connectivity index (χ4v) is 3.74. The van der Waals surface area contributed by atoms with Crippen LogP contribution in [0.5, 0.6) is 0 Å². The second kappa shape index (κ2) is 6.91. The quantitative estimate of drug-likeness (QED) is 0.877. The van der Waals surface area contributed by atoms with Crippen LogP contribution in [0.25, 0.3) is 11.3 Å². The summed E-state index contributed by atoms with van der Waals surface area (Å²) in [7, 11) is 2.03. The van der Waals surface area contributed by atoms with Crippen molar-refractivity contribution in [2.75, 3.05) is 11.9 Å². The van der Waals surface area contributed by atoms with Crippen LogP contribution in [0, 0.1) is 11.8 Å². The molecule has 0 unspecified atom stereocenters. The molecule has 128 valence electrons. The second-order valence-corrected chi connectivity index (χ2v) is 7.43. The molecular formula is C19H27N5. The fraction of sp³-hybridized carbons (Fsp3) is 0.632. The molecule has 0 atom stereocenters. The van der Waals surface area contributed by atoms with E-state index in [0.29, 0.717) is 0 Å². The van der Waals surface area contributed by atoms with E-state index in [1.807, 2.05) is 30.2 Å². The van der Waals surface area contributed by atoms with Crippen molar-refractivity contribution in [3.05, 3.63) is 24.2 Å². The normalized spacial score (nSPS) is 18.7. The summed E-state index contributed by atoms with van der Waals surface area (Å²) in [6.07, 6.45) is 14.4. The van der Waals surface area contributed by atoms with Crippen LogP contribution < -0.4 is 5.32 Å². The summed E-state index contributed by atoms with van der Waals surface area (Å²) < 4.78 is 2.00. The van der Waals surface area contributed by atoms with Crippen molar-refractivity contribution in [1.82, 2.24) is 19.7 Å². The van der Waals surface area contributed by atoms with Crippen LogP contribution in [0.3, 0.4) is 0 Å². The van der Waals surface area contributed by atoms with E-state index >= 15 is 0 Å². The lowest BCUT2D eigenvalue weighted by Crippen LogP contribution is -2.18. The highest BCUT2D eigenvalue weighted by atomic mass is 15.3. The van der Waals surface area contributed by atoms with Crippen molar-refractivity contribution in [3.63, 3.8) is 0 Å². The Hall–Kier alpha value is -1.91. The van der Waals surface area contributed by atoms with Gasteiger partial charge in [-0.2, -0.15) is 5.10 Å². The third-order valence-corrected chi connectivity index (χ3v) is 5.45. The number of aryl methyl sites for hydroxylation is 1. The molecule has 2 aliphatic rings. The standard InChI is InChI=1S/C19H27N5/c1-24-18(11-14-7-8-14)16(13-22-24)17-9-10-20-19(23-17)21-12-15-5-3-2-4-6-15/h9-10,13-15H,2-8,11-12H2,1H3,(H,20,21,23). The molecule has 0 aliphatic heterocycles. The van der Waals surface area contributed by atoms with E-state index in [2.05, 4.69) is 15.4 Å². The number of nitrogens with one attached hydrogen (secondary N) is 1. The van der Waals surface area contributed by atoms with Gasteiger partial charge in [0.2, 0.25) is 5.95 Å². The molecule has 2 aromatic heterocycles. The minimum atomic E-state index is 0.749. The zero-order chi connectivity index (χ0) is 16.4. The lowest BCUT2D eigenvalue weighted by atomic mass is 9.89. The highest BCUT2D eigenvalue weighted by Crippen LogP contribution is 2.35. The van der Waals surface area contributed by atoms with Crippen molar-refractivity contribution >= 4 is 5.95 Å². The summed E-state index contributed by atoms with van der Waals surface area (Å²) in [5, 5.41) is 7.91. The predicted octanol–water partition coefficient (Wildman–Crippen LogP) is 3.82. The van der Waals surface area contributed by atoms with Crippen molar-refractivity contribution < 1.29 is 0 Å². The fourth-order valence-electron chi connectivity index (χ4n) is 3.74. The van der Waals surface area contributed by atoms with Crippen LogP contribution in [0.4, 0.5) is 5.95 Å². The average Bonchev–Trinajstić information content (AvgIpc) is 3.37. The molecule has 2 aliphatic carbocycles. The van der Waals surface area contributed by atoms with Gasteiger partial charge in [-0.3, -0.25) is 4.68 Å². The van der Waals surface area contributed by atoms with Gasteiger partial charge in [0, 0.05) is 31.0 Å². The van der Waals surface area contributed by atoms with Gasteiger partial charge in [-0.1, -0.05) is 19.3 Å². The van der Waals surface area contributed by atoms with Gasteiger partial charge < -0.3 is 5.32 Å². The monoisotopic (exact) mass is 325 g/mol. The van der Waals surface area contributed by atoms with Gasteiger partial charge in [0.1, 0.15) is 0 Å². The lowest BCUT2D eigenvalue weighted by Gasteiger charge is -2.21. The van der Waals surface area contributed by atoms with Gasteiger partial charge in [0.25, 0.3) is 0 Å². The highest BCUT2D eigenvalue weighted by Gasteiger charge is 2.25. The van der Waals surface area contributed by atoms with Crippen LogP contribution in [-0.2, 0) is 13.5 Å². The van der Waals surface area contributed by atoms with Gasteiger partial charge in [-0.15, -0.1) is 0 Å². The molecular weight excluding hydrogens is 298 g/mol. The molecule has 2 saturated carbocycles. The van der Waals surface area contributed by atoms with Gasteiger partial charge in [-0.25, -0.2) is 9.97 Å². The average molecular weight is 325 g/mol. The summed E-state index contributed by atoms with van der Waals surface area (Å²) in [6, 6.07) is 2.00. The van der Waals surface area contributed by atoms with E-state index in [0.717, 1.165) is 42.0 Å². The maximum Gasteiger partial charge on any atom is 0.223 e. The first-order valence-corrected chi connectivity index (χ1v) is 9.38. The molecule has 0 saturated heterocycles. The maximum absolute atomic E-state index is 4.75. The number of hydrogen-bond acceptors (Lipinski definition) is 4. The Labute approximate surface area is 143 Å². The van der Waals surface area contributed by atoms with E-state index in [1.165, 1.54) is 50.6 Å². The van der Waals surface area contributed by atoms with Gasteiger partial charge in [0.05, 0.1) is 11.9 Å². The smallest absolute Gasteiger partial charge is 0.223 e. The van der Waals surface area contributed by atoms with E-state index in [9.17, 15) is 0 Å². The van der Waals surface area contributed by atoms with Crippen LogP contribution >= 0.6 is 0 Å². The summed E-state index contributed by atoms with van der Waals surface area (Å²) in [4.78, 5) is 9.16. The minimum Gasteiger partial charge on any atom is -0.354 e. The molecule has 24 heavy (non-hydrogen) atoms. The second-order valence-electron chi connectivity index (χ2n) is 7.43. The molecule has 2 aromatic rings. The van der Waals surface area contributed by atoms with E-state index in [1.54, 1.807) is 0 Å². The number of anilines is 1. The minimum absolute atomic E-state index is 0.749. The third-order valence-electron chi connectivity index (χ3n) is 5.45. The summed E-state index contributed by atoms with van der Waals surface area (Å²) in [5.41, 5.74) is 3.45. The molecule has 2 heterocycles. The summed E-state index contributed by atoms with van der Waals surface area (Å²) in [5.74, 6) is 2.36.